The van der Waals surface area contributed by atoms with E-state index in [0.717, 1.165) is 16.6 Å². The van der Waals surface area contributed by atoms with Gasteiger partial charge >= 0.3 is 0 Å². The molecule has 0 radical (unpaired) electrons. The number of fused-ring (bicyclic) bond motifs is 1. The van der Waals surface area contributed by atoms with Crippen LogP contribution in [-0.4, -0.2) is 41.3 Å². The molecular formula is C24H22N8O3. The van der Waals surface area contributed by atoms with Crippen molar-refractivity contribution in [3.05, 3.63) is 78.6 Å². The van der Waals surface area contributed by atoms with Crippen LogP contribution < -0.4 is 10.6 Å². The van der Waals surface area contributed by atoms with Gasteiger partial charge in [0.15, 0.2) is 5.82 Å². The number of benzene rings is 2. The molecule has 5 aromatic rings. The van der Waals surface area contributed by atoms with Gasteiger partial charge in [0, 0.05) is 42.5 Å². The molecule has 0 fully saturated rings. The van der Waals surface area contributed by atoms with E-state index in [1.807, 2.05) is 39.7 Å². The lowest BCUT2D eigenvalue weighted by Crippen LogP contribution is -2.23. The van der Waals surface area contributed by atoms with Crippen molar-refractivity contribution in [3.63, 3.8) is 0 Å². The lowest BCUT2D eigenvalue weighted by atomic mass is 10.2. The highest BCUT2D eigenvalue weighted by Crippen LogP contribution is 2.27. The molecule has 0 saturated heterocycles. The molecule has 2 aromatic carbocycles. The fourth-order valence-electron chi connectivity index (χ4n) is 3.69. The predicted octanol–water partition coefficient (Wildman–Crippen LogP) is 2.87. The zero-order chi connectivity index (χ0) is 24.2. The Bertz CT molecular complexity index is 1470. The van der Waals surface area contributed by atoms with Crippen LogP contribution in [0.2, 0.25) is 0 Å². The van der Waals surface area contributed by atoms with Crippen LogP contribution in [-0.2, 0) is 24.4 Å². The minimum atomic E-state index is -0.290. The highest BCUT2D eigenvalue weighted by Gasteiger charge is 2.19. The quantitative estimate of drug-likeness (QED) is 0.356. The number of rotatable bonds is 8. The number of nitrogens with one attached hydrogen (secondary N) is 2. The van der Waals surface area contributed by atoms with Gasteiger partial charge in [0.05, 0.1) is 24.9 Å². The first-order valence-corrected chi connectivity index (χ1v) is 11.0. The minimum absolute atomic E-state index is 0.0941. The van der Waals surface area contributed by atoms with E-state index in [0.29, 0.717) is 36.1 Å². The smallest absolute Gasteiger partial charge is 0.276 e. The van der Waals surface area contributed by atoms with Gasteiger partial charge in [-0.1, -0.05) is 23.4 Å². The summed E-state index contributed by atoms with van der Waals surface area (Å²) in [4.78, 5) is 32.2. The number of aromatic nitrogens is 6. The summed E-state index contributed by atoms with van der Waals surface area (Å²) in [5, 5.41) is 15.1. The number of anilines is 1. The van der Waals surface area contributed by atoms with Crippen molar-refractivity contribution >= 4 is 28.4 Å². The molecule has 0 spiro atoms. The first-order chi connectivity index (χ1) is 17.1. The molecular weight excluding hydrogens is 448 g/mol. The number of nitrogens with zero attached hydrogens (tertiary/aromatic N) is 6. The Balaban J connectivity index is 1.31. The van der Waals surface area contributed by atoms with Gasteiger partial charge in [0.2, 0.25) is 5.91 Å². The minimum Gasteiger partial charge on any atom is -0.345 e. The maximum absolute atomic E-state index is 12.5. The molecule has 3 aromatic heterocycles. The number of carbonyl (C=O) groups excluding carboxylic acids is 2. The first kappa shape index (κ1) is 22.0. The molecule has 11 heteroatoms. The summed E-state index contributed by atoms with van der Waals surface area (Å²) in [7, 11) is 0. The number of amides is 2. The van der Waals surface area contributed by atoms with Crippen LogP contribution in [0.3, 0.4) is 0 Å². The lowest BCUT2D eigenvalue weighted by Gasteiger charge is -2.06. The molecule has 35 heavy (non-hydrogen) atoms. The van der Waals surface area contributed by atoms with Gasteiger partial charge in [-0.2, -0.15) is 10.1 Å². The first-order valence-electron chi connectivity index (χ1n) is 11.0. The molecule has 0 saturated carbocycles. The van der Waals surface area contributed by atoms with E-state index in [9.17, 15) is 9.59 Å². The molecule has 2 N–H and O–H groups in total. The fraction of sp³-hybridized carbons (Fsp3) is 0.167. The Morgan fingerprint density at radius 3 is 2.66 bits per heavy atom. The van der Waals surface area contributed by atoms with Crippen molar-refractivity contribution in [1.82, 2.24) is 34.8 Å². The summed E-state index contributed by atoms with van der Waals surface area (Å²) in [5.41, 5.74) is 2.61. The topological polar surface area (TPSA) is 133 Å². The summed E-state index contributed by atoms with van der Waals surface area (Å²) in [6, 6.07) is 14.3. The fourth-order valence-corrected chi connectivity index (χ4v) is 3.69. The number of aryl methyl sites for hydroxylation is 2. The van der Waals surface area contributed by atoms with Gasteiger partial charge in [-0.05, 0) is 30.3 Å². The average Bonchev–Trinajstić information content (AvgIpc) is 3.61. The summed E-state index contributed by atoms with van der Waals surface area (Å²) in [6.07, 6.45) is 5.38. The normalized spacial score (nSPS) is 11.0. The summed E-state index contributed by atoms with van der Waals surface area (Å²) < 4.78 is 9.36. The van der Waals surface area contributed by atoms with E-state index >= 15 is 0 Å². The summed E-state index contributed by atoms with van der Waals surface area (Å²) in [6.45, 7) is 2.79. The molecule has 3 heterocycles. The van der Waals surface area contributed by atoms with Crippen LogP contribution in [0.15, 0.2) is 71.8 Å². The van der Waals surface area contributed by atoms with Crippen molar-refractivity contribution in [1.29, 1.82) is 0 Å². The monoisotopic (exact) mass is 470 g/mol. The maximum atomic E-state index is 12.5. The van der Waals surface area contributed by atoms with Crippen LogP contribution in [0.5, 0.6) is 0 Å². The Labute approximate surface area is 199 Å². The molecule has 176 valence electrons. The molecule has 0 aliphatic carbocycles. The van der Waals surface area contributed by atoms with E-state index in [1.165, 1.54) is 6.92 Å². The Kier molecular flexibility index (Phi) is 6.03. The summed E-state index contributed by atoms with van der Waals surface area (Å²) >= 11 is 0. The molecule has 0 aliphatic rings. The van der Waals surface area contributed by atoms with Crippen molar-refractivity contribution in [2.45, 2.75) is 26.6 Å². The van der Waals surface area contributed by atoms with Crippen LogP contribution in [0.4, 0.5) is 5.69 Å². The average molecular weight is 470 g/mol. The van der Waals surface area contributed by atoms with Crippen molar-refractivity contribution in [2.24, 2.45) is 0 Å². The second-order valence-electron chi connectivity index (χ2n) is 7.85. The predicted molar refractivity (Wildman–Crippen MR) is 127 cm³/mol. The van der Waals surface area contributed by atoms with E-state index in [2.05, 4.69) is 25.8 Å². The summed E-state index contributed by atoms with van der Waals surface area (Å²) in [5.74, 6) is 0.204. The SMILES string of the molecule is CC(=O)Nc1ccc(C(=O)NCc2noc(-c3c4ccccc4nn3CCn3ccnc3)n2)cc1. The second-order valence-corrected chi connectivity index (χ2v) is 7.85. The van der Waals surface area contributed by atoms with Crippen molar-refractivity contribution in [2.75, 3.05) is 5.32 Å². The molecule has 0 unspecified atom stereocenters. The van der Waals surface area contributed by atoms with E-state index in [1.54, 1.807) is 36.8 Å². The van der Waals surface area contributed by atoms with Crippen LogP contribution >= 0.6 is 0 Å². The van der Waals surface area contributed by atoms with Crippen LogP contribution in [0.25, 0.3) is 22.5 Å². The lowest BCUT2D eigenvalue weighted by molar-refractivity contribution is -0.114. The zero-order valence-corrected chi connectivity index (χ0v) is 18.9. The van der Waals surface area contributed by atoms with E-state index in [-0.39, 0.29) is 18.4 Å². The number of hydrogen-bond donors (Lipinski definition) is 2. The van der Waals surface area contributed by atoms with Gasteiger partial charge in [-0.25, -0.2) is 4.98 Å². The van der Waals surface area contributed by atoms with Gasteiger partial charge in [-0.3, -0.25) is 14.3 Å². The maximum Gasteiger partial charge on any atom is 0.276 e. The van der Waals surface area contributed by atoms with Crippen molar-refractivity contribution < 1.29 is 14.1 Å². The van der Waals surface area contributed by atoms with Crippen molar-refractivity contribution in [3.8, 4) is 11.6 Å². The third-order valence-corrected chi connectivity index (χ3v) is 5.32. The highest BCUT2D eigenvalue weighted by atomic mass is 16.5. The standard InChI is InChI=1S/C24H22N8O3/c1-16(33)27-18-8-6-17(7-9-18)23(34)26-14-21-28-24(35-30-21)22-19-4-2-3-5-20(19)29-32(22)13-12-31-11-10-25-15-31/h2-11,15H,12-14H2,1H3,(H,26,34)(H,27,33). The number of hydrogen-bond acceptors (Lipinski definition) is 7. The molecule has 0 aliphatic heterocycles. The number of carbonyl (C=O) groups is 2. The van der Waals surface area contributed by atoms with Gasteiger partial charge in [0.1, 0.15) is 5.69 Å². The third kappa shape index (κ3) is 4.93. The molecule has 0 atom stereocenters. The van der Waals surface area contributed by atoms with Crippen LogP contribution in [0, 0.1) is 0 Å². The van der Waals surface area contributed by atoms with Gasteiger partial charge in [-0.15, -0.1) is 0 Å². The number of imidazole rings is 1. The molecule has 0 bridgehead atoms. The third-order valence-electron chi connectivity index (χ3n) is 5.32. The Morgan fingerprint density at radius 2 is 1.89 bits per heavy atom. The van der Waals surface area contributed by atoms with Crippen LogP contribution in [0.1, 0.15) is 23.1 Å². The largest absolute Gasteiger partial charge is 0.345 e. The van der Waals surface area contributed by atoms with E-state index < -0.39 is 0 Å². The van der Waals surface area contributed by atoms with E-state index in [4.69, 9.17) is 9.62 Å². The second kappa shape index (κ2) is 9.59. The Morgan fingerprint density at radius 1 is 1.06 bits per heavy atom. The Hall–Kier alpha value is -4.80. The molecule has 5 rings (SSSR count). The van der Waals surface area contributed by atoms with Gasteiger partial charge < -0.3 is 19.7 Å². The van der Waals surface area contributed by atoms with Gasteiger partial charge in [0.25, 0.3) is 11.8 Å². The highest BCUT2D eigenvalue weighted by molar-refractivity contribution is 5.95. The zero-order valence-electron chi connectivity index (χ0n) is 18.9. The molecule has 2 amide bonds. The molecule has 11 nitrogen and oxygen atoms in total.